The summed E-state index contributed by atoms with van der Waals surface area (Å²) in [5.41, 5.74) is 1.46. The Morgan fingerprint density at radius 2 is 2.12 bits per heavy atom. The van der Waals surface area contributed by atoms with E-state index in [9.17, 15) is 9.90 Å². The summed E-state index contributed by atoms with van der Waals surface area (Å²) in [6, 6.07) is 0. The van der Waals surface area contributed by atoms with Crippen molar-refractivity contribution in [2.24, 2.45) is 29.6 Å². The lowest BCUT2D eigenvalue weighted by atomic mass is 9.60. The van der Waals surface area contributed by atoms with E-state index < -0.39 is 5.97 Å². The second kappa shape index (κ2) is 4.83. The molecule has 0 bridgehead atoms. The van der Waals surface area contributed by atoms with Gasteiger partial charge >= 0.3 is 5.97 Å². The Morgan fingerprint density at radius 3 is 2.76 bits per heavy atom. The molecule has 2 rings (SSSR count). The van der Waals surface area contributed by atoms with Gasteiger partial charge < -0.3 is 5.11 Å². The molecule has 17 heavy (non-hydrogen) atoms. The molecule has 0 heterocycles. The van der Waals surface area contributed by atoms with Crippen molar-refractivity contribution in [3.63, 3.8) is 0 Å². The molecule has 2 aliphatic carbocycles. The summed E-state index contributed by atoms with van der Waals surface area (Å²) < 4.78 is 0. The van der Waals surface area contributed by atoms with Crippen molar-refractivity contribution in [2.75, 3.05) is 0 Å². The third-order valence-corrected chi connectivity index (χ3v) is 5.06. The zero-order valence-corrected chi connectivity index (χ0v) is 11.1. The van der Waals surface area contributed by atoms with E-state index >= 15 is 0 Å². The molecular formula is C15H24O2. The molecule has 0 radical (unpaired) electrons. The number of allylic oxidation sites excluding steroid dienone is 2. The molecule has 0 spiro atoms. The minimum absolute atomic E-state index is 0.197. The number of carboxylic acid groups (broad SMARTS) is 1. The second-order valence-corrected chi connectivity index (χ2v) is 6.14. The molecule has 0 aliphatic heterocycles. The van der Waals surface area contributed by atoms with Crippen molar-refractivity contribution in [2.45, 2.75) is 46.5 Å². The number of carboxylic acids is 1. The SMILES string of the molecule is CC1=C[C@@H]2C(C(C)C(=O)O)CC[C@@H](C)[C@@H]2CC1. The average molecular weight is 236 g/mol. The Bertz CT molecular complexity index is 332. The average Bonchev–Trinajstić information content (AvgIpc) is 2.28. The van der Waals surface area contributed by atoms with Crippen molar-refractivity contribution in [3.05, 3.63) is 11.6 Å². The normalized spacial score (nSPS) is 39.1. The summed E-state index contributed by atoms with van der Waals surface area (Å²) in [7, 11) is 0. The molecule has 2 aliphatic rings. The fourth-order valence-electron chi connectivity index (χ4n) is 3.86. The van der Waals surface area contributed by atoms with E-state index in [-0.39, 0.29) is 5.92 Å². The highest BCUT2D eigenvalue weighted by atomic mass is 16.4. The topological polar surface area (TPSA) is 37.3 Å². The number of hydrogen-bond acceptors (Lipinski definition) is 1. The summed E-state index contributed by atoms with van der Waals surface area (Å²) >= 11 is 0. The Hall–Kier alpha value is -0.790. The summed E-state index contributed by atoms with van der Waals surface area (Å²) in [4.78, 5) is 11.2. The first-order valence-electron chi connectivity index (χ1n) is 6.90. The predicted molar refractivity (Wildman–Crippen MR) is 68.7 cm³/mol. The molecule has 1 fully saturated rings. The van der Waals surface area contributed by atoms with Gasteiger partial charge in [0.25, 0.3) is 0 Å². The molecule has 0 aromatic heterocycles. The predicted octanol–water partition coefficient (Wildman–Crippen LogP) is 3.73. The monoisotopic (exact) mass is 236 g/mol. The van der Waals surface area contributed by atoms with Gasteiger partial charge in [-0.25, -0.2) is 0 Å². The highest BCUT2D eigenvalue weighted by Crippen LogP contribution is 2.47. The first kappa shape index (κ1) is 12.7. The Kier molecular flexibility index (Phi) is 3.60. The maximum atomic E-state index is 11.2. The van der Waals surface area contributed by atoms with Gasteiger partial charge in [0.2, 0.25) is 0 Å². The van der Waals surface area contributed by atoms with Crippen molar-refractivity contribution in [3.8, 4) is 0 Å². The van der Waals surface area contributed by atoms with E-state index in [1.165, 1.54) is 24.8 Å². The summed E-state index contributed by atoms with van der Waals surface area (Å²) in [6.07, 6.45) is 7.14. The lowest BCUT2D eigenvalue weighted by Gasteiger charge is -2.44. The molecule has 5 atom stereocenters. The third kappa shape index (κ3) is 2.41. The molecule has 0 aromatic carbocycles. The maximum absolute atomic E-state index is 11.2. The van der Waals surface area contributed by atoms with Crippen LogP contribution in [0.4, 0.5) is 0 Å². The van der Waals surface area contributed by atoms with E-state index in [0.29, 0.717) is 11.8 Å². The van der Waals surface area contributed by atoms with Crippen LogP contribution >= 0.6 is 0 Å². The van der Waals surface area contributed by atoms with Crippen molar-refractivity contribution in [1.29, 1.82) is 0 Å². The zero-order chi connectivity index (χ0) is 12.6. The Labute approximate surface area is 104 Å². The zero-order valence-electron chi connectivity index (χ0n) is 11.1. The number of carbonyl (C=O) groups is 1. The van der Waals surface area contributed by atoms with E-state index in [2.05, 4.69) is 19.9 Å². The molecular weight excluding hydrogens is 212 g/mol. The van der Waals surface area contributed by atoms with Crippen LogP contribution in [0.3, 0.4) is 0 Å². The van der Waals surface area contributed by atoms with Gasteiger partial charge in [-0.1, -0.05) is 31.9 Å². The van der Waals surface area contributed by atoms with Gasteiger partial charge in [0.05, 0.1) is 5.92 Å². The van der Waals surface area contributed by atoms with Crippen LogP contribution in [0, 0.1) is 29.6 Å². The van der Waals surface area contributed by atoms with Gasteiger partial charge in [0.1, 0.15) is 0 Å². The van der Waals surface area contributed by atoms with Gasteiger partial charge in [-0.05, 0) is 49.9 Å². The van der Waals surface area contributed by atoms with Gasteiger partial charge in [-0.2, -0.15) is 0 Å². The number of fused-ring (bicyclic) bond motifs is 1. The van der Waals surface area contributed by atoms with Gasteiger partial charge in [0, 0.05) is 0 Å². The van der Waals surface area contributed by atoms with E-state index in [1.807, 2.05) is 6.92 Å². The second-order valence-electron chi connectivity index (χ2n) is 6.14. The number of aliphatic carboxylic acids is 1. The highest BCUT2D eigenvalue weighted by molar-refractivity contribution is 5.70. The Balaban J connectivity index is 2.22. The van der Waals surface area contributed by atoms with Crippen LogP contribution in [0.1, 0.15) is 46.5 Å². The highest BCUT2D eigenvalue weighted by Gasteiger charge is 2.41. The molecule has 96 valence electrons. The minimum Gasteiger partial charge on any atom is -0.481 e. The van der Waals surface area contributed by atoms with Crippen LogP contribution in [0.15, 0.2) is 11.6 Å². The van der Waals surface area contributed by atoms with Crippen LogP contribution in [-0.2, 0) is 4.79 Å². The molecule has 2 nitrogen and oxygen atoms in total. The third-order valence-electron chi connectivity index (χ3n) is 5.06. The summed E-state index contributed by atoms with van der Waals surface area (Å²) in [6.45, 7) is 6.42. The lowest BCUT2D eigenvalue weighted by Crippen LogP contribution is -2.39. The first-order chi connectivity index (χ1) is 8.00. The van der Waals surface area contributed by atoms with Gasteiger partial charge in [-0.3, -0.25) is 4.79 Å². The minimum atomic E-state index is -0.625. The summed E-state index contributed by atoms with van der Waals surface area (Å²) in [5, 5.41) is 9.24. The molecule has 2 unspecified atom stereocenters. The smallest absolute Gasteiger partial charge is 0.306 e. The molecule has 1 saturated carbocycles. The van der Waals surface area contributed by atoms with Crippen LogP contribution in [-0.4, -0.2) is 11.1 Å². The first-order valence-corrected chi connectivity index (χ1v) is 6.90. The molecule has 0 saturated heterocycles. The molecule has 2 heteroatoms. The van der Waals surface area contributed by atoms with E-state index in [4.69, 9.17) is 0 Å². The quantitative estimate of drug-likeness (QED) is 0.742. The largest absolute Gasteiger partial charge is 0.481 e. The van der Waals surface area contributed by atoms with Gasteiger partial charge in [-0.15, -0.1) is 0 Å². The molecule has 1 N–H and O–H groups in total. The summed E-state index contributed by atoms with van der Waals surface area (Å²) in [5.74, 6) is 1.53. The fourth-order valence-corrected chi connectivity index (χ4v) is 3.86. The Morgan fingerprint density at radius 1 is 1.41 bits per heavy atom. The van der Waals surface area contributed by atoms with Crippen LogP contribution in [0.2, 0.25) is 0 Å². The van der Waals surface area contributed by atoms with Gasteiger partial charge in [0.15, 0.2) is 0 Å². The molecule has 0 amide bonds. The van der Waals surface area contributed by atoms with Crippen LogP contribution in [0.25, 0.3) is 0 Å². The lowest BCUT2D eigenvalue weighted by molar-refractivity contribution is -0.144. The van der Waals surface area contributed by atoms with E-state index in [1.54, 1.807) is 0 Å². The van der Waals surface area contributed by atoms with Crippen molar-refractivity contribution < 1.29 is 9.90 Å². The van der Waals surface area contributed by atoms with Crippen molar-refractivity contribution >= 4 is 5.97 Å². The van der Waals surface area contributed by atoms with Crippen molar-refractivity contribution in [1.82, 2.24) is 0 Å². The number of rotatable bonds is 2. The molecule has 0 aromatic rings. The fraction of sp³-hybridized carbons (Fsp3) is 0.800. The standard InChI is InChI=1S/C15H24O2/c1-9-4-6-12-10(2)5-7-13(14(12)8-9)11(3)15(16)17/h8,10-14H,4-7H2,1-3H3,(H,16,17)/t10-,11?,12+,13?,14+/m1/s1. The van der Waals surface area contributed by atoms with E-state index in [0.717, 1.165) is 18.3 Å². The number of hydrogen-bond donors (Lipinski definition) is 1. The van der Waals surface area contributed by atoms with Crippen LogP contribution < -0.4 is 0 Å². The van der Waals surface area contributed by atoms with Crippen LogP contribution in [0.5, 0.6) is 0 Å². The maximum Gasteiger partial charge on any atom is 0.306 e.